The second kappa shape index (κ2) is 9.24. The van der Waals surface area contributed by atoms with Crippen molar-refractivity contribution in [3.8, 4) is 21.6 Å². The normalized spacial score (nSPS) is 13.8. The van der Waals surface area contributed by atoms with Crippen molar-refractivity contribution >= 4 is 22.3 Å². The first kappa shape index (κ1) is 20.3. The molecule has 0 unspecified atom stereocenters. The van der Waals surface area contributed by atoms with Gasteiger partial charge >= 0.3 is 5.97 Å². The van der Waals surface area contributed by atoms with Crippen LogP contribution in [0.2, 0.25) is 0 Å². The lowest BCUT2D eigenvalue weighted by Gasteiger charge is -2.28. The second-order valence-electron chi connectivity index (χ2n) is 7.16. The van der Waals surface area contributed by atoms with E-state index in [1.54, 1.807) is 23.5 Å². The number of esters is 1. The summed E-state index contributed by atoms with van der Waals surface area (Å²) in [6, 6.07) is 19.5. The van der Waals surface area contributed by atoms with Crippen molar-refractivity contribution in [1.82, 2.24) is 0 Å². The third-order valence-electron chi connectivity index (χ3n) is 4.93. The summed E-state index contributed by atoms with van der Waals surface area (Å²) in [6.45, 7) is 4.63. The summed E-state index contributed by atoms with van der Waals surface area (Å²) >= 11 is 1.63. The van der Waals surface area contributed by atoms with Crippen LogP contribution in [-0.2, 0) is 20.9 Å². The molecule has 0 saturated carbocycles. The first-order valence-electron chi connectivity index (χ1n) is 9.89. The summed E-state index contributed by atoms with van der Waals surface area (Å²) in [7, 11) is 0. The smallest absolute Gasteiger partial charge is 0.302 e. The zero-order chi connectivity index (χ0) is 20.9. The Kier molecular flexibility index (Phi) is 6.26. The minimum atomic E-state index is -0.294. The van der Waals surface area contributed by atoms with Gasteiger partial charge in [-0.15, -0.1) is 11.3 Å². The van der Waals surface area contributed by atoms with E-state index in [-0.39, 0.29) is 18.0 Å². The van der Waals surface area contributed by atoms with Crippen LogP contribution in [-0.4, -0.2) is 32.3 Å². The van der Waals surface area contributed by atoms with Gasteiger partial charge in [0.2, 0.25) is 0 Å². The number of rotatable bonds is 5. The van der Waals surface area contributed by atoms with E-state index in [1.165, 1.54) is 6.92 Å². The Labute approximate surface area is 179 Å². The van der Waals surface area contributed by atoms with E-state index in [1.807, 2.05) is 42.5 Å². The summed E-state index contributed by atoms with van der Waals surface area (Å²) in [5, 5.41) is 0.981. The zero-order valence-electron chi connectivity index (χ0n) is 16.8. The predicted octanol–water partition coefficient (Wildman–Crippen LogP) is 4.34. The summed E-state index contributed by atoms with van der Waals surface area (Å²) in [5.74, 6) is -0.294. The van der Waals surface area contributed by atoms with Crippen LogP contribution in [0.25, 0.3) is 21.6 Å². The van der Waals surface area contributed by atoms with E-state index in [4.69, 9.17) is 9.47 Å². The minimum Gasteiger partial charge on any atom is -0.461 e. The van der Waals surface area contributed by atoms with Gasteiger partial charge in [0.1, 0.15) is 6.61 Å². The van der Waals surface area contributed by atoms with Crippen molar-refractivity contribution in [2.24, 2.45) is 0 Å². The molecule has 0 amide bonds. The molecule has 0 radical (unpaired) electrons. The SMILES string of the molecule is CC(=O)OCc1cccc(-c2cccc(-c3cc(=O)cc(N4CCOCC4)s3)c2)c1. The van der Waals surface area contributed by atoms with E-state index in [2.05, 4.69) is 11.0 Å². The number of hydrogen-bond donors (Lipinski definition) is 0. The molecule has 0 atom stereocenters. The molecule has 1 fully saturated rings. The molecule has 0 N–H and O–H groups in total. The molecule has 30 heavy (non-hydrogen) atoms. The number of anilines is 1. The van der Waals surface area contributed by atoms with E-state index in [0.717, 1.165) is 45.2 Å². The van der Waals surface area contributed by atoms with Crippen LogP contribution in [0.15, 0.2) is 65.5 Å². The lowest BCUT2D eigenvalue weighted by Crippen LogP contribution is -2.36. The fourth-order valence-electron chi connectivity index (χ4n) is 3.42. The number of nitrogens with zero attached hydrogens (tertiary/aromatic N) is 1. The zero-order valence-corrected chi connectivity index (χ0v) is 17.6. The molecule has 154 valence electrons. The van der Waals surface area contributed by atoms with E-state index in [0.29, 0.717) is 13.2 Å². The van der Waals surface area contributed by atoms with Crippen molar-refractivity contribution in [2.45, 2.75) is 13.5 Å². The van der Waals surface area contributed by atoms with E-state index >= 15 is 0 Å². The highest BCUT2D eigenvalue weighted by Gasteiger charge is 2.14. The van der Waals surface area contributed by atoms with Crippen molar-refractivity contribution < 1.29 is 14.3 Å². The highest BCUT2D eigenvalue weighted by atomic mass is 32.1. The van der Waals surface area contributed by atoms with Crippen molar-refractivity contribution in [3.05, 3.63) is 76.5 Å². The lowest BCUT2D eigenvalue weighted by atomic mass is 10.0. The average molecular weight is 422 g/mol. The van der Waals surface area contributed by atoms with Crippen LogP contribution in [0.1, 0.15) is 12.5 Å². The number of ether oxygens (including phenoxy) is 2. The standard InChI is InChI=1S/C24H23NO4S/c1-17(26)29-16-18-4-2-5-19(12-18)20-6-3-7-21(13-20)23-14-22(27)15-24(30-23)25-8-10-28-11-9-25/h2-7,12-15H,8-11,16H2,1H3. The van der Waals surface area contributed by atoms with Crippen LogP contribution in [0.3, 0.4) is 0 Å². The highest BCUT2D eigenvalue weighted by molar-refractivity contribution is 7.19. The Bertz CT molecular complexity index is 1100. The molecule has 1 aliphatic heterocycles. The number of carbonyl (C=O) groups is 1. The van der Waals surface area contributed by atoms with E-state index < -0.39 is 0 Å². The molecule has 0 bridgehead atoms. The molecule has 0 aliphatic carbocycles. The van der Waals surface area contributed by atoms with Crippen LogP contribution in [0.5, 0.6) is 0 Å². The maximum Gasteiger partial charge on any atom is 0.302 e. The molecule has 6 heteroatoms. The number of hydrogen-bond acceptors (Lipinski definition) is 6. The molecular formula is C24H23NO4S. The van der Waals surface area contributed by atoms with Crippen LogP contribution in [0, 0.1) is 0 Å². The summed E-state index contributed by atoms with van der Waals surface area (Å²) in [4.78, 5) is 26.6. The Morgan fingerprint density at radius 1 is 1.00 bits per heavy atom. The van der Waals surface area contributed by atoms with Gasteiger partial charge in [-0.05, 0) is 34.4 Å². The fourth-order valence-corrected chi connectivity index (χ4v) is 4.56. The summed E-state index contributed by atoms with van der Waals surface area (Å²) in [6.07, 6.45) is 0. The average Bonchev–Trinajstić information content (AvgIpc) is 2.78. The van der Waals surface area contributed by atoms with Gasteiger partial charge in [0, 0.05) is 37.0 Å². The predicted molar refractivity (Wildman–Crippen MR) is 120 cm³/mol. The third kappa shape index (κ3) is 4.96. The molecule has 0 spiro atoms. The van der Waals surface area contributed by atoms with Gasteiger partial charge in [-0.1, -0.05) is 36.4 Å². The minimum absolute atomic E-state index is 0.0130. The number of benzene rings is 2. The van der Waals surface area contributed by atoms with Crippen LogP contribution < -0.4 is 10.3 Å². The maximum atomic E-state index is 12.4. The van der Waals surface area contributed by atoms with Gasteiger partial charge < -0.3 is 14.4 Å². The van der Waals surface area contributed by atoms with Crippen molar-refractivity contribution in [1.29, 1.82) is 0 Å². The van der Waals surface area contributed by atoms with Crippen molar-refractivity contribution in [2.75, 3.05) is 31.2 Å². The quantitative estimate of drug-likeness (QED) is 0.574. The highest BCUT2D eigenvalue weighted by Crippen LogP contribution is 2.32. The molecule has 3 aromatic rings. The molecular weight excluding hydrogens is 398 g/mol. The summed E-state index contributed by atoms with van der Waals surface area (Å²) in [5.41, 5.74) is 4.05. The summed E-state index contributed by atoms with van der Waals surface area (Å²) < 4.78 is 10.5. The molecule has 4 rings (SSSR count). The first-order chi connectivity index (χ1) is 14.6. The Hall–Kier alpha value is -2.96. The fraction of sp³-hybridized carbons (Fsp3) is 0.250. The van der Waals surface area contributed by atoms with Crippen LogP contribution in [0.4, 0.5) is 5.00 Å². The second-order valence-corrected chi connectivity index (χ2v) is 8.22. The molecule has 2 aromatic carbocycles. The van der Waals surface area contributed by atoms with Gasteiger partial charge in [-0.2, -0.15) is 0 Å². The first-order valence-corrected chi connectivity index (χ1v) is 10.7. The Morgan fingerprint density at radius 3 is 2.47 bits per heavy atom. The topological polar surface area (TPSA) is 55.8 Å². The third-order valence-corrected chi connectivity index (χ3v) is 6.08. The van der Waals surface area contributed by atoms with Crippen LogP contribution >= 0.6 is 11.3 Å². The number of morpholine rings is 1. The largest absolute Gasteiger partial charge is 0.461 e. The maximum absolute atomic E-state index is 12.4. The molecule has 2 heterocycles. The molecule has 1 aromatic heterocycles. The van der Waals surface area contributed by atoms with Gasteiger partial charge in [0.25, 0.3) is 0 Å². The molecule has 5 nitrogen and oxygen atoms in total. The van der Waals surface area contributed by atoms with Gasteiger partial charge in [0.05, 0.1) is 18.2 Å². The molecule has 1 aliphatic rings. The lowest BCUT2D eigenvalue weighted by molar-refractivity contribution is -0.142. The van der Waals surface area contributed by atoms with Gasteiger partial charge in [-0.25, -0.2) is 0 Å². The van der Waals surface area contributed by atoms with Gasteiger partial charge in [0.15, 0.2) is 5.43 Å². The van der Waals surface area contributed by atoms with E-state index in [9.17, 15) is 9.59 Å². The van der Waals surface area contributed by atoms with Gasteiger partial charge in [-0.3, -0.25) is 9.59 Å². The Balaban J connectivity index is 1.64. The molecule has 1 saturated heterocycles. The monoisotopic (exact) mass is 421 g/mol. The Morgan fingerprint density at radius 2 is 1.70 bits per heavy atom. The number of carbonyl (C=O) groups excluding carboxylic acids is 1. The van der Waals surface area contributed by atoms with Crippen molar-refractivity contribution in [3.63, 3.8) is 0 Å².